The summed E-state index contributed by atoms with van der Waals surface area (Å²) >= 11 is 3.47. The number of hydrogen-bond acceptors (Lipinski definition) is 3. The van der Waals surface area contributed by atoms with Crippen LogP contribution in [0.4, 0.5) is 0 Å². The highest BCUT2D eigenvalue weighted by molar-refractivity contribution is 9.10. The second-order valence-electron chi connectivity index (χ2n) is 7.05. The first kappa shape index (κ1) is 18.1. The molecule has 5 heteroatoms. The molecular formula is C22H21BrN2O2. The van der Waals surface area contributed by atoms with Gasteiger partial charge < -0.3 is 9.64 Å². The second kappa shape index (κ2) is 7.41. The molecule has 2 aromatic carbocycles. The maximum Gasteiger partial charge on any atom is 0.254 e. The Morgan fingerprint density at radius 1 is 1.07 bits per heavy atom. The van der Waals surface area contributed by atoms with Crippen LogP contribution in [0.15, 0.2) is 59.1 Å². The van der Waals surface area contributed by atoms with Gasteiger partial charge >= 0.3 is 0 Å². The van der Waals surface area contributed by atoms with Gasteiger partial charge in [0.1, 0.15) is 0 Å². The van der Waals surface area contributed by atoms with Crippen LogP contribution in [0.2, 0.25) is 0 Å². The summed E-state index contributed by atoms with van der Waals surface area (Å²) in [6, 6.07) is 17.7. The quantitative estimate of drug-likeness (QED) is 0.586. The van der Waals surface area contributed by atoms with Crippen LogP contribution in [-0.4, -0.2) is 41.1 Å². The number of carbonyl (C=O) groups excluding carboxylic acids is 1. The van der Waals surface area contributed by atoms with Crippen molar-refractivity contribution in [1.82, 2.24) is 9.88 Å². The molecule has 0 unspecified atom stereocenters. The molecule has 0 N–H and O–H groups in total. The molecule has 0 saturated carbocycles. The third-order valence-electron chi connectivity index (χ3n) is 4.79. The molecule has 27 heavy (non-hydrogen) atoms. The lowest BCUT2D eigenvalue weighted by Gasteiger charge is -2.35. The fourth-order valence-corrected chi connectivity index (χ4v) is 3.90. The number of aromatic nitrogens is 1. The molecule has 0 bridgehead atoms. The maximum atomic E-state index is 13.4. The number of nitrogens with zero attached hydrogens (tertiary/aromatic N) is 2. The fourth-order valence-electron chi connectivity index (χ4n) is 3.63. The van der Waals surface area contributed by atoms with Crippen molar-refractivity contribution in [1.29, 1.82) is 0 Å². The minimum absolute atomic E-state index is 0.0361. The molecule has 3 aromatic rings. The zero-order valence-corrected chi connectivity index (χ0v) is 16.9. The number of amides is 1. The summed E-state index contributed by atoms with van der Waals surface area (Å²) in [4.78, 5) is 20.1. The number of ether oxygens (including phenoxy) is 1. The van der Waals surface area contributed by atoms with Gasteiger partial charge in [-0.25, -0.2) is 4.98 Å². The number of carbonyl (C=O) groups is 1. The molecule has 4 nitrogen and oxygen atoms in total. The summed E-state index contributed by atoms with van der Waals surface area (Å²) in [6.07, 6.45) is 0.0773. The van der Waals surface area contributed by atoms with Crippen LogP contribution in [0.3, 0.4) is 0 Å². The monoisotopic (exact) mass is 424 g/mol. The average molecular weight is 425 g/mol. The van der Waals surface area contributed by atoms with Crippen LogP contribution >= 0.6 is 15.9 Å². The zero-order chi connectivity index (χ0) is 19.0. The van der Waals surface area contributed by atoms with Gasteiger partial charge in [-0.3, -0.25) is 4.79 Å². The van der Waals surface area contributed by atoms with Gasteiger partial charge in [-0.2, -0.15) is 0 Å². The van der Waals surface area contributed by atoms with Crippen molar-refractivity contribution >= 4 is 32.7 Å². The molecule has 1 aliphatic rings. The Balaban J connectivity index is 1.81. The molecule has 1 fully saturated rings. The van der Waals surface area contributed by atoms with E-state index in [4.69, 9.17) is 9.72 Å². The SMILES string of the molecule is C[C@@H]1CN(C(=O)c2cc(-c3ccc(Br)cc3)nc3ccccc23)C[C@H](C)O1. The van der Waals surface area contributed by atoms with E-state index in [1.54, 1.807) is 0 Å². The number of pyridine rings is 1. The fraction of sp³-hybridized carbons (Fsp3) is 0.273. The molecule has 1 amide bonds. The Morgan fingerprint density at radius 3 is 2.44 bits per heavy atom. The molecule has 0 spiro atoms. The summed E-state index contributed by atoms with van der Waals surface area (Å²) in [5, 5.41) is 0.884. The number of benzene rings is 2. The number of halogens is 1. The van der Waals surface area contributed by atoms with E-state index in [1.807, 2.05) is 73.3 Å². The topological polar surface area (TPSA) is 42.4 Å². The molecule has 1 saturated heterocycles. The standard InChI is InChI=1S/C22H21BrN2O2/c1-14-12-25(13-15(2)27-14)22(26)19-11-21(16-7-9-17(23)10-8-16)24-20-6-4-3-5-18(19)20/h3-11,14-15H,12-13H2,1-2H3/t14-,15+. The van der Waals surface area contributed by atoms with E-state index < -0.39 is 0 Å². The van der Waals surface area contributed by atoms with E-state index in [2.05, 4.69) is 15.9 Å². The Morgan fingerprint density at radius 2 is 1.74 bits per heavy atom. The maximum absolute atomic E-state index is 13.4. The zero-order valence-electron chi connectivity index (χ0n) is 15.4. The Labute approximate surface area is 167 Å². The predicted molar refractivity (Wildman–Crippen MR) is 111 cm³/mol. The summed E-state index contributed by atoms with van der Waals surface area (Å²) in [5.41, 5.74) is 3.32. The van der Waals surface area contributed by atoms with Crippen LogP contribution in [0.5, 0.6) is 0 Å². The van der Waals surface area contributed by atoms with Gasteiger partial charge in [-0.1, -0.05) is 46.3 Å². The lowest BCUT2D eigenvalue weighted by Crippen LogP contribution is -2.48. The van der Waals surface area contributed by atoms with Gasteiger partial charge in [0, 0.05) is 28.5 Å². The van der Waals surface area contributed by atoms with Crippen LogP contribution in [-0.2, 0) is 4.74 Å². The van der Waals surface area contributed by atoms with E-state index in [9.17, 15) is 4.79 Å². The number of rotatable bonds is 2. The summed E-state index contributed by atoms with van der Waals surface area (Å²) in [6.45, 7) is 5.22. The highest BCUT2D eigenvalue weighted by Crippen LogP contribution is 2.27. The minimum Gasteiger partial charge on any atom is -0.372 e. The highest BCUT2D eigenvalue weighted by Gasteiger charge is 2.28. The third kappa shape index (κ3) is 3.75. The molecule has 1 aliphatic heterocycles. The van der Waals surface area contributed by atoms with Crippen molar-refractivity contribution in [2.75, 3.05) is 13.1 Å². The van der Waals surface area contributed by atoms with E-state index >= 15 is 0 Å². The van der Waals surface area contributed by atoms with E-state index in [0.29, 0.717) is 18.7 Å². The molecule has 0 aliphatic carbocycles. The smallest absolute Gasteiger partial charge is 0.254 e. The van der Waals surface area contributed by atoms with Gasteiger partial charge in [-0.15, -0.1) is 0 Å². The highest BCUT2D eigenvalue weighted by atomic mass is 79.9. The van der Waals surface area contributed by atoms with Crippen molar-refractivity contribution in [3.8, 4) is 11.3 Å². The molecule has 138 valence electrons. The first-order valence-electron chi connectivity index (χ1n) is 9.12. The van der Waals surface area contributed by atoms with E-state index in [0.717, 1.165) is 26.6 Å². The van der Waals surface area contributed by atoms with Gasteiger partial charge in [0.2, 0.25) is 0 Å². The molecule has 0 radical (unpaired) electrons. The van der Waals surface area contributed by atoms with Gasteiger partial charge in [0.25, 0.3) is 5.91 Å². The van der Waals surface area contributed by atoms with Crippen LogP contribution in [0, 0.1) is 0 Å². The van der Waals surface area contributed by atoms with E-state index in [-0.39, 0.29) is 18.1 Å². The van der Waals surface area contributed by atoms with Crippen molar-refractivity contribution in [2.45, 2.75) is 26.1 Å². The summed E-state index contributed by atoms with van der Waals surface area (Å²) in [5.74, 6) is 0.0361. The third-order valence-corrected chi connectivity index (χ3v) is 5.32. The molecule has 4 rings (SSSR count). The van der Waals surface area contributed by atoms with Crippen LogP contribution in [0.25, 0.3) is 22.2 Å². The number of fused-ring (bicyclic) bond motifs is 1. The van der Waals surface area contributed by atoms with Gasteiger partial charge in [0.15, 0.2) is 0 Å². The normalized spacial score (nSPS) is 20.0. The Bertz CT molecular complexity index is 977. The summed E-state index contributed by atoms with van der Waals surface area (Å²) < 4.78 is 6.80. The first-order valence-corrected chi connectivity index (χ1v) is 9.91. The van der Waals surface area contributed by atoms with Crippen molar-refractivity contribution < 1.29 is 9.53 Å². The van der Waals surface area contributed by atoms with Crippen molar-refractivity contribution in [3.05, 3.63) is 64.6 Å². The molecule has 2 heterocycles. The second-order valence-corrected chi connectivity index (χ2v) is 7.96. The lowest BCUT2D eigenvalue weighted by atomic mass is 10.0. The van der Waals surface area contributed by atoms with E-state index in [1.165, 1.54) is 0 Å². The molecule has 1 aromatic heterocycles. The first-order chi connectivity index (χ1) is 13.0. The van der Waals surface area contributed by atoms with Crippen LogP contribution < -0.4 is 0 Å². The Hall–Kier alpha value is -2.24. The minimum atomic E-state index is 0.0361. The van der Waals surface area contributed by atoms with Crippen molar-refractivity contribution in [3.63, 3.8) is 0 Å². The van der Waals surface area contributed by atoms with Crippen molar-refractivity contribution in [2.24, 2.45) is 0 Å². The average Bonchev–Trinajstić information content (AvgIpc) is 2.66. The number of hydrogen-bond donors (Lipinski definition) is 0. The Kier molecular flexibility index (Phi) is 4.98. The lowest BCUT2D eigenvalue weighted by molar-refractivity contribution is -0.0585. The number of para-hydroxylation sites is 1. The summed E-state index contributed by atoms with van der Waals surface area (Å²) in [7, 11) is 0. The van der Waals surface area contributed by atoms with Crippen LogP contribution in [0.1, 0.15) is 24.2 Å². The predicted octanol–water partition coefficient (Wildman–Crippen LogP) is 4.91. The van der Waals surface area contributed by atoms with Gasteiger partial charge in [0.05, 0.1) is 29.0 Å². The number of morpholine rings is 1. The molecule has 2 atom stereocenters. The molecular weight excluding hydrogens is 404 g/mol. The largest absolute Gasteiger partial charge is 0.372 e. The van der Waals surface area contributed by atoms with Gasteiger partial charge in [-0.05, 0) is 38.1 Å².